The van der Waals surface area contributed by atoms with Crippen molar-refractivity contribution in [3.63, 3.8) is 0 Å². The number of carbonyl (C=O) groups excluding carboxylic acids is 3. The smallest absolute Gasteiger partial charge is 0.407 e. The molecule has 1 aromatic rings. The maximum absolute atomic E-state index is 13.3. The topological polar surface area (TPSA) is 97.0 Å². The molecule has 0 bridgehead atoms. The summed E-state index contributed by atoms with van der Waals surface area (Å²) in [5.74, 6) is -2.93. The number of alkyl carbamates (subject to hydrolysis) is 1. The van der Waals surface area contributed by atoms with E-state index in [4.69, 9.17) is 9.47 Å². The third-order valence-corrected chi connectivity index (χ3v) is 4.75. The number of hydrogen-bond acceptors (Lipinski definition) is 5. The first kappa shape index (κ1) is 25.4. The van der Waals surface area contributed by atoms with Crippen LogP contribution in [0, 0.1) is 17.6 Å². The summed E-state index contributed by atoms with van der Waals surface area (Å²) in [4.78, 5) is 38.3. The van der Waals surface area contributed by atoms with Crippen molar-refractivity contribution in [2.75, 3.05) is 26.2 Å². The minimum atomic E-state index is -1.06. The molecular weight excluding hydrogens is 424 g/mol. The summed E-state index contributed by atoms with van der Waals surface area (Å²) < 4.78 is 37.0. The maximum Gasteiger partial charge on any atom is 0.407 e. The second kappa shape index (κ2) is 11.1. The Balaban J connectivity index is 1.78. The Bertz CT molecular complexity index is 828. The fraction of sp³-hybridized carbons (Fsp3) is 0.591. The molecule has 0 saturated carbocycles. The monoisotopic (exact) mass is 455 g/mol. The molecule has 1 aromatic carbocycles. The lowest BCUT2D eigenvalue weighted by Crippen LogP contribution is -2.49. The van der Waals surface area contributed by atoms with E-state index >= 15 is 0 Å². The molecule has 1 aliphatic heterocycles. The Kier molecular flexibility index (Phi) is 8.80. The Morgan fingerprint density at radius 2 is 1.84 bits per heavy atom. The SMILES string of the molecule is CC(Oc1ccc(F)c(F)c1)C(=O)N1CCCC(C(=O)NCCNC(=O)OC(C)(C)C)C1. The van der Waals surface area contributed by atoms with E-state index in [0.717, 1.165) is 12.1 Å². The van der Waals surface area contributed by atoms with E-state index < -0.39 is 29.4 Å². The van der Waals surface area contributed by atoms with Crippen molar-refractivity contribution in [2.24, 2.45) is 5.92 Å². The minimum Gasteiger partial charge on any atom is -0.481 e. The summed E-state index contributed by atoms with van der Waals surface area (Å²) in [6.07, 6.45) is -0.193. The van der Waals surface area contributed by atoms with E-state index in [1.807, 2.05) is 0 Å². The van der Waals surface area contributed by atoms with Crippen molar-refractivity contribution >= 4 is 17.9 Å². The fourth-order valence-corrected chi connectivity index (χ4v) is 3.26. The highest BCUT2D eigenvalue weighted by Crippen LogP contribution is 2.20. The second-order valence-electron chi connectivity index (χ2n) is 8.68. The van der Waals surface area contributed by atoms with Gasteiger partial charge in [-0.1, -0.05) is 0 Å². The first-order chi connectivity index (χ1) is 15.0. The average molecular weight is 456 g/mol. The number of amides is 3. The molecule has 178 valence electrons. The van der Waals surface area contributed by atoms with Gasteiger partial charge in [0.1, 0.15) is 11.4 Å². The van der Waals surface area contributed by atoms with E-state index in [1.54, 1.807) is 20.8 Å². The third-order valence-electron chi connectivity index (χ3n) is 4.75. The minimum absolute atomic E-state index is 0.0496. The predicted octanol–water partition coefficient (Wildman–Crippen LogP) is 2.61. The van der Waals surface area contributed by atoms with Gasteiger partial charge in [-0.05, 0) is 52.7 Å². The van der Waals surface area contributed by atoms with Gasteiger partial charge in [0.25, 0.3) is 5.91 Å². The molecule has 1 heterocycles. The number of piperidine rings is 1. The van der Waals surface area contributed by atoms with Crippen molar-refractivity contribution in [1.82, 2.24) is 15.5 Å². The lowest BCUT2D eigenvalue weighted by molar-refractivity contribution is -0.141. The van der Waals surface area contributed by atoms with Crippen molar-refractivity contribution in [1.29, 1.82) is 0 Å². The third kappa shape index (κ3) is 7.97. The van der Waals surface area contributed by atoms with Crippen LogP contribution in [0.2, 0.25) is 0 Å². The zero-order valence-corrected chi connectivity index (χ0v) is 18.9. The summed E-state index contributed by atoms with van der Waals surface area (Å²) >= 11 is 0. The standard InChI is InChI=1S/C22H31F2N3O5/c1-14(31-16-7-8-17(23)18(24)12-16)20(29)27-11-5-6-15(13-27)19(28)25-9-10-26-21(30)32-22(2,3)4/h7-8,12,14-15H,5-6,9-11,13H2,1-4H3,(H,25,28)(H,26,30). The highest BCUT2D eigenvalue weighted by molar-refractivity contribution is 5.83. The van der Waals surface area contributed by atoms with Gasteiger partial charge in [0.2, 0.25) is 5.91 Å². The summed E-state index contributed by atoms with van der Waals surface area (Å²) in [7, 11) is 0. The van der Waals surface area contributed by atoms with Gasteiger partial charge < -0.3 is 25.0 Å². The molecule has 8 nitrogen and oxygen atoms in total. The number of rotatable bonds is 7. The number of benzene rings is 1. The summed E-state index contributed by atoms with van der Waals surface area (Å²) in [6, 6.07) is 3.07. The lowest BCUT2D eigenvalue weighted by atomic mass is 9.96. The van der Waals surface area contributed by atoms with Crippen LogP contribution in [0.1, 0.15) is 40.5 Å². The summed E-state index contributed by atoms with van der Waals surface area (Å²) in [5.41, 5.74) is -0.600. The van der Waals surface area contributed by atoms with Crippen molar-refractivity contribution in [3.8, 4) is 5.75 Å². The Labute approximate surface area is 186 Å². The van der Waals surface area contributed by atoms with Crippen LogP contribution in [0.3, 0.4) is 0 Å². The molecule has 32 heavy (non-hydrogen) atoms. The van der Waals surface area contributed by atoms with E-state index in [-0.39, 0.29) is 43.1 Å². The number of nitrogens with zero attached hydrogens (tertiary/aromatic N) is 1. The molecule has 3 amide bonds. The first-order valence-electron chi connectivity index (χ1n) is 10.6. The zero-order valence-electron chi connectivity index (χ0n) is 18.9. The van der Waals surface area contributed by atoms with Crippen LogP contribution in [0.4, 0.5) is 13.6 Å². The molecule has 1 saturated heterocycles. The molecule has 0 spiro atoms. The molecule has 10 heteroatoms. The molecule has 2 rings (SSSR count). The highest BCUT2D eigenvalue weighted by atomic mass is 19.2. The van der Waals surface area contributed by atoms with Crippen molar-refractivity contribution in [3.05, 3.63) is 29.8 Å². The Morgan fingerprint density at radius 1 is 1.16 bits per heavy atom. The molecule has 1 fully saturated rings. The van der Waals surface area contributed by atoms with Crippen LogP contribution < -0.4 is 15.4 Å². The number of halogens is 2. The van der Waals surface area contributed by atoms with Gasteiger partial charge in [-0.3, -0.25) is 9.59 Å². The molecule has 2 N–H and O–H groups in total. The fourth-order valence-electron chi connectivity index (χ4n) is 3.26. The van der Waals surface area contributed by atoms with Gasteiger partial charge in [-0.15, -0.1) is 0 Å². The van der Waals surface area contributed by atoms with Gasteiger partial charge in [0.15, 0.2) is 17.7 Å². The number of nitrogens with one attached hydrogen (secondary N) is 2. The summed E-state index contributed by atoms with van der Waals surface area (Å²) in [6.45, 7) is 7.96. The number of likely N-dealkylation sites (tertiary alicyclic amines) is 1. The zero-order chi connectivity index (χ0) is 23.9. The molecule has 1 aliphatic rings. The number of ether oxygens (including phenoxy) is 2. The van der Waals surface area contributed by atoms with E-state index in [1.165, 1.54) is 17.9 Å². The quantitative estimate of drug-likeness (QED) is 0.616. The van der Waals surface area contributed by atoms with Gasteiger partial charge in [0, 0.05) is 32.2 Å². The largest absolute Gasteiger partial charge is 0.481 e. The Morgan fingerprint density at radius 3 is 2.50 bits per heavy atom. The van der Waals surface area contributed by atoms with E-state index in [9.17, 15) is 23.2 Å². The molecule has 0 aromatic heterocycles. The summed E-state index contributed by atoms with van der Waals surface area (Å²) in [5, 5.41) is 5.32. The number of hydrogen-bond donors (Lipinski definition) is 2. The molecule has 0 aliphatic carbocycles. The van der Waals surface area contributed by atoms with E-state index in [0.29, 0.717) is 19.4 Å². The van der Waals surface area contributed by atoms with Crippen LogP contribution >= 0.6 is 0 Å². The average Bonchev–Trinajstić information content (AvgIpc) is 2.72. The van der Waals surface area contributed by atoms with Crippen LogP contribution in [-0.4, -0.2) is 60.7 Å². The van der Waals surface area contributed by atoms with Gasteiger partial charge >= 0.3 is 6.09 Å². The number of carbonyl (C=O) groups is 3. The normalized spacial score (nSPS) is 17.3. The maximum atomic E-state index is 13.3. The van der Waals surface area contributed by atoms with Crippen LogP contribution in [0.15, 0.2) is 18.2 Å². The molecule has 2 unspecified atom stereocenters. The Hall–Kier alpha value is -2.91. The van der Waals surface area contributed by atoms with E-state index in [2.05, 4.69) is 10.6 Å². The van der Waals surface area contributed by atoms with Gasteiger partial charge in [-0.2, -0.15) is 0 Å². The van der Waals surface area contributed by atoms with Crippen LogP contribution in [-0.2, 0) is 14.3 Å². The van der Waals surface area contributed by atoms with Crippen molar-refractivity contribution in [2.45, 2.75) is 52.2 Å². The second-order valence-corrected chi connectivity index (χ2v) is 8.68. The lowest BCUT2D eigenvalue weighted by Gasteiger charge is -2.33. The van der Waals surface area contributed by atoms with Crippen molar-refractivity contribution < 1.29 is 32.6 Å². The molecular formula is C22H31F2N3O5. The molecule has 2 atom stereocenters. The van der Waals surface area contributed by atoms with Gasteiger partial charge in [0.05, 0.1) is 5.92 Å². The highest BCUT2D eigenvalue weighted by Gasteiger charge is 2.31. The predicted molar refractivity (Wildman–Crippen MR) is 113 cm³/mol. The first-order valence-corrected chi connectivity index (χ1v) is 10.6. The van der Waals surface area contributed by atoms with Crippen LogP contribution in [0.25, 0.3) is 0 Å². The van der Waals surface area contributed by atoms with Gasteiger partial charge in [-0.25, -0.2) is 13.6 Å². The molecule has 0 radical (unpaired) electrons. The van der Waals surface area contributed by atoms with Crippen LogP contribution in [0.5, 0.6) is 5.75 Å².